The van der Waals surface area contributed by atoms with Crippen molar-refractivity contribution in [3.63, 3.8) is 0 Å². The molecule has 1 N–H and O–H groups in total. The summed E-state index contributed by atoms with van der Waals surface area (Å²) in [4.78, 5) is 23.9. The number of hydrogen-bond acceptors (Lipinski definition) is 3. The largest absolute Gasteiger partial charge is 0.455 e. The second-order valence-corrected chi connectivity index (χ2v) is 6.98. The Labute approximate surface area is 173 Å². The van der Waals surface area contributed by atoms with Gasteiger partial charge in [0.15, 0.2) is 6.61 Å². The third-order valence-corrected chi connectivity index (χ3v) is 4.36. The first-order valence-corrected chi connectivity index (χ1v) is 9.31. The van der Waals surface area contributed by atoms with Gasteiger partial charge in [-0.1, -0.05) is 77.8 Å². The number of carbonyl (C=O) groups is 2. The van der Waals surface area contributed by atoms with Crippen molar-refractivity contribution in [2.75, 3.05) is 11.9 Å². The number of amides is 1. The standard InChI is InChI=1S/C22H17Cl2NO3/c23-18-11-19(24)13-20(12-18)25-21(26)14-28-22(27)10-15-6-8-17(9-7-15)16-4-2-1-3-5-16/h1-9,11-13H,10,14H2,(H,25,26). The molecule has 3 aromatic rings. The molecular weight excluding hydrogens is 397 g/mol. The summed E-state index contributed by atoms with van der Waals surface area (Å²) in [7, 11) is 0. The topological polar surface area (TPSA) is 55.4 Å². The molecule has 1 amide bonds. The van der Waals surface area contributed by atoms with E-state index < -0.39 is 11.9 Å². The minimum Gasteiger partial charge on any atom is -0.455 e. The Kier molecular flexibility index (Phi) is 6.69. The van der Waals surface area contributed by atoms with Crippen LogP contribution in [0, 0.1) is 0 Å². The first-order valence-electron chi connectivity index (χ1n) is 8.55. The molecule has 6 heteroatoms. The molecule has 0 unspecified atom stereocenters. The van der Waals surface area contributed by atoms with Crippen LogP contribution >= 0.6 is 23.2 Å². The van der Waals surface area contributed by atoms with E-state index in [4.69, 9.17) is 27.9 Å². The molecule has 0 aliphatic carbocycles. The molecule has 0 bridgehead atoms. The molecule has 0 heterocycles. The Morgan fingerprint density at radius 3 is 2.07 bits per heavy atom. The zero-order valence-electron chi connectivity index (χ0n) is 14.8. The lowest BCUT2D eigenvalue weighted by Crippen LogP contribution is -2.21. The Hall–Kier alpha value is -2.82. The Morgan fingerprint density at radius 2 is 1.43 bits per heavy atom. The van der Waals surface area contributed by atoms with Gasteiger partial charge in [-0.3, -0.25) is 9.59 Å². The fourth-order valence-corrected chi connectivity index (χ4v) is 3.16. The first kappa shape index (κ1) is 19.9. The molecule has 0 aliphatic heterocycles. The minimum absolute atomic E-state index is 0.0886. The lowest BCUT2D eigenvalue weighted by molar-refractivity contribution is -0.146. The second-order valence-electron chi connectivity index (χ2n) is 6.11. The molecule has 142 valence electrons. The van der Waals surface area contributed by atoms with E-state index in [1.165, 1.54) is 0 Å². The maximum absolute atomic E-state index is 12.0. The third kappa shape index (κ3) is 5.84. The quantitative estimate of drug-likeness (QED) is 0.551. The van der Waals surface area contributed by atoms with Crippen LogP contribution in [0.15, 0.2) is 72.8 Å². The van der Waals surface area contributed by atoms with Crippen LogP contribution in [0.2, 0.25) is 10.0 Å². The first-order chi connectivity index (χ1) is 13.5. The summed E-state index contributed by atoms with van der Waals surface area (Å²) in [6.45, 7) is -0.384. The van der Waals surface area contributed by atoms with E-state index in [0.717, 1.165) is 16.7 Å². The van der Waals surface area contributed by atoms with Crippen molar-refractivity contribution in [3.05, 3.63) is 88.4 Å². The average molecular weight is 414 g/mol. The van der Waals surface area contributed by atoms with Crippen LogP contribution < -0.4 is 5.32 Å². The predicted octanol–water partition coefficient (Wildman–Crippen LogP) is 5.38. The van der Waals surface area contributed by atoms with Gasteiger partial charge in [-0.25, -0.2) is 0 Å². The highest BCUT2D eigenvalue weighted by molar-refractivity contribution is 6.35. The van der Waals surface area contributed by atoms with E-state index in [-0.39, 0.29) is 13.0 Å². The van der Waals surface area contributed by atoms with Gasteiger partial charge < -0.3 is 10.1 Å². The second kappa shape index (κ2) is 9.40. The van der Waals surface area contributed by atoms with E-state index in [2.05, 4.69) is 5.32 Å². The van der Waals surface area contributed by atoms with Gasteiger partial charge >= 0.3 is 5.97 Å². The number of carbonyl (C=O) groups excluding carboxylic acids is 2. The van der Waals surface area contributed by atoms with Gasteiger partial charge in [0.2, 0.25) is 0 Å². The summed E-state index contributed by atoms with van der Waals surface area (Å²) in [5, 5.41) is 3.39. The number of nitrogens with one attached hydrogen (secondary N) is 1. The Balaban J connectivity index is 1.49. The summed E-state index contributed by atoms with van der Waals surface area (Å²) in [5.41, 5.74) is 3.42. The summed E-state index contributed by atoms with van der Waals surface area (Å²) in [5.74, 6) is -0.946. The van der Waals surface area contributed by atoms with Crippen LogP contribution in [0.4, 0.5) is 5.69 Å². The van der Waals surface area contributed by atoms with Crippen LogP contribution in [-0.4, -0.2) is 18.5 Å². The molecule has 0 fully saturated rings. The van der Waals surface area contributed by atoms with Gasteiger partial charge in [-0.15, -0.1) is 0 Å². The Bertz CT molecular complexity index is 953. The number of anilines is 1. The SMILES string of the molecule is O=C(COC(=O)Cc1ccc(-c2ccccc2)cc1)Nc1cc(Cl)cc(Cl)c1. The maximum Gasteiger partial charge on any atom is 0.310 e. The number of ether oxygens (including phenoxy) is 1. The van der Waals surface area contributed by atoms with E-state index in [1.54, 1.807) is 18.2 Å². The number of benzene rings is 3. The number of halogens is 2. The van der Waals surface area contributed by atoms with Crippen molar-refractivity contribution in [1.82, 2.24) is 0 Å². The van der Waals surface area contributed by atoms with Gasteiger partial charge in [0, 0.05) is 15.7 Å². The van der Waals surface area contributed by atoms with E-state index >= 15 is 0 Å². The molecule has 3 aromatic carbocycles. The number of rotatable bonds is 6. The summed E-state index contributed by atoms with van der Waals surface area (Å²) >= 11 is 11.8. The Morgan fingerprint density at radius 1 is 0.821 bits per heavy atom. The van der Waals surface area contributed by atoms with Gasteiger partial charge in [0.05, 0.1) is 6.42 Å². The molecule has 4 nitrogen and oxygen atoms in total. The molecule has 0 spiro atoms. The molecule has 3 rings (SSSR count). The predicted molar refractivity (Wildman–Crippen MR) is 112 cm³/mol. The van der Waals surface area contributed by atoms with Crippen molar-refractivity contribution in [3.8, 4) is 11.1 Å². The van der Waals surface area contributed by atoms with Crippen molar-refractivity contribution in [2.45, 2.75) is 6.42 Å². The molecule has 28 heavy (non-hydrogen) atoms. The fourth-order valence-electron chi connectivity index (χ4n) is 2.63. The van der Waals surface area contributed by atoms with Crippen molar-refractivity contribution >= 4 is 40.8 Å². The lowest BCUT2D eigenvalue weighted by Gasteiger charge is -2.08. The highest BCUT2D eigenvalue weighted by Gasteiger charge is 2.10. The van der Waals surface area contributed by atoms with Gasteiger partial charge in [-0.2, -0.15) is 0 Å². The normalized spacial score (nSPS) is 10.4. The highest BCUT2D eigenvalue weighted by Crippen LogP contribution is 2.22. The van der Waals surface area contributed by atoms with Crippen molar-refractivity contribution < 1.29 is 14.3 Å². The molecule has 0 saturated heterocycles. The molecule has 0 radical (unpaired) electrons. The van der Waals surface area contributed by atoms with E-state index in [0.29, 0.717) is 15.7 Å². The van der Waals surface area contributed by atoms with Crippen molar-refractivity contribution in [1.29, 1.82) is 0 Å². The molecule has 0 atom stereocenters. The zero-order chi connectivity index (χ0) is 19.9. The lowest BCUT2D eigenvalue weighted by atomic mass is 10.0. The van der Waals surface area contributed by atoms with Gasteiger partial charge in [0.1, 0.15) is 0 Å². The van der Waals surface area contributed by atoms with Gasteiger partial charge in [0.25, 0.3) is 5.91 Å². The van der Waals surface area contributed by atoms with Crippen LogP contribution in [0.1, 0.15) is 5.56 Å². The fraction of sp³-hybridized carbons (Fsp3) is 0.0909. The maximum atomic E-state index is 12.0. The van der Waals surface area contributed by atoms with Crippen LogP contribution in [-0.2, 0) is 20.7 Å². The van der Waals surface area contributed by atoms with Crippen molar-refractivity contribution in [2.24, 2.45) is 0 Å². The van der Waals surface area contributed by atoms with Crippen LogP contribution in [0.25, 0.3) is 11.1 Å². The summed E-state index contributed by atoms with van der Waals surface area (Å²) in [6.07, 6.45) is 0.0886. The van der Waals surface area contributed by atoms with E-state index in [1.807, 2.05) is 54.6 Å². The summed E-state index contributed by atoms with van der Waals surface area (Å²) < 4.78 is 5.04. The summed E-state index contributed by atoms with van der Waals surface area (Å²) in [6, 6.07) is 22.3. The monoisotopic (exact) mass is 413 g/mol. The smallest absolute Gasteiger partial charge is 0.310 e. The third-order valence-electron chi connectivity index (χ3n) is 3.92. The van der Waals surface area contributed by atoms with Crippen LogP contribution in [0.3, 0.4) is 0 Å². The van der Waals surface area contributed by atoms with E-state index in [9.17, 15) is 9.59 Å². The molecular formula is C22H17Cl2NO3. The van der Waals surface area contributed by atoms with Gasteiger partial charge in [-0.05, 0) is 34.9 Å². The zero-order valence-corrected chi connectivity index (χ0v) is 16.3. The number of hydrogen-bond donors (Lipinski definition) is 1. The minimum atomic E-state index is -0.480. The molecule has 0 saturated carbocycles. The number of esters is 1. The molecule has 0 aliphatic rings. The average Bonchev–Trinajstić information content (AvgIpc) is 2.67. The molecule has 0 aromatic heterocycles. The van der Waals surface area contributed by atoms with Crippen LogP contribution in [0.5, 0.6) is 0 Å². The highest BCUT2D eigenvalue weighted by atomic mass is 35.5.